The van der Waals surface area contributed by atoms with Gasteiger partial charge in [-0.1, -0.05) is 29.8 Å². The van der Waals surface area contributed by atoms with Crippen molar-refractivity contribution >= 4 is 0 Å². The molecule has 0 fully saturated rings. The molecule has 0 saturated heterocycles. The van der Waals surface area contributed by atoms with Crippen molar-refractivity contribution in [3.63, 3.8) is 0 Å². The van der Waals surface area contributed by atoms with E-state index in [2.05, 4.69) is 57.4 Å². The monoisotopic (exact) mass is 204 g/mol. The fraction of sp³-hybridized carbons (Fsp3) is 0.385. The fourth-order valence-electron chi connectivity index (χ4n) is 1.87. The minimum absolute atomic E-state index is 0.108. The summed E-state index contributed by atoms with van der Waals surface area (Å²) in [6, 6.07) is 6.41. The number of benzene rings is 1. The van der Waals surface area contributed by atoms with Gasteiger partial charge in [-0.3, -0.25) is 5.84 Å². The van der Waals surface area contributed by atoms with Gasteiger partial charge in [-0.15, -0.1) is 0 Å². The standard InChI is InChI=1S/C13H20N2/c1-9(2)8-12(15-14)13-10(3)6-5-7-11(13)4/h5-8,12,15H,14H2,1-4H3. The lowest BCUT2D eigenvalue weighted by Gasteiger charge is -2.18. The van der Waals surface area contributed by atoms with Crippen LogP contribution < -0.4 is 11.3 Å². The van der Waals surface area contributed by atoms with E-state index in [0.717, 1.165) is 0 Å². The molecule has 15 heavy (non-hydrogen) atoms. The molecule has 0 radical (unpaired) electrons. The van der Waals surface area contributed by atoms with Crippen LogP contribution in [0.25, 0.3) is 0 Å². The van der Waals surface area contributed by atoms with Crippen molar-refractivity contribution in [1.29, 1.82) is 0 Å². The maximum atomic E-state index is 5.60. The first-order valence-corrected chi connectivity index (χ1v) is 5.23. The summed E-state index contributed by atoms with van der Waals surface area (Å²) in [6.45, 7) is 8.40. The highest BCUT2D eigenvalue weighted by Gasteiger charge is 2.11. The first-order chi connectivity index (χ1) is 7.06. The zero-order valence-electron chi connectivity index (χ0n) is 9.96. The fourth-order valence-corrected chi connectivity index (χ4v) is 1.87. The molecule has 82 valence electrons. The van der Waals surface area contributed by atoms with Crippen LogP contribution >= 0.6 is 0 Å². The normalized spacial score (nSPS) is 12.3. The largest absolute Gasteiger partial charge is 0.271 e. The molecule has 0 saturated carbocycles. The summed E-state index contributed by atoms with van der Waals surface area (Å²) in [5.74, 6) is 5.60. The van der Waals surface area contributed by atoms with E-state index < -0.39 is 0 Å². The molecule has 0 aliphatic rings. The summed E-state index contributed by atoms with van der Waals surface area (Å²) < 4.78 is 0. The number of nitrogens with one attached hydrogen (secondary N) is 1. The Bertz CT molecular complexity index is 343. The highest BCUT2D eigenvalue weighted by molar-refractivity contribution is 5.38. The van der Waals surface area contributed by atoms with Gasteiger partial charge in [-0.05, 0) is 44.4 Å². The van der Waals surface area contributed by atoms with Gasteiger partial charge in [0, 0.05) is 0 Å². The summed E-state index contributed by atoms with van der Waals surface area (Å²) in [4.78, 5) is 0. The van der Waals surface area contributed by atoms with E-state index in [-0.39, 0.29) is 6.04 Å². The van der Waals surface area contributed by atoms with Gasteiger partial charge < -0.3 is 0 Å². The zero-order valence-corrected chi connectivity index (χ0v) is 9.96. The molecule has 0 spiro atoms. The second-order valence-corrected chi connectivity index (χ2v) is 4.19. The molecular weight excluding hydrogens is 184 g/mol. The van der Waals surface area contributed by atoms with Crippen LogP contribution in [0.2, 0.25) is 0 Å². The number of hydrazine groups is 1. The summed E-state index contributed by atoms with van der Waals surface area (Å²) in [5, 5.41) is 0. The van der Waals surface area contributed by atoms with Crippen molar-refractivity contribution in [2.75, 3.05) is 0 Å². The van der Waals surface area contributed by atoms with E-state index in [1.165, 1.54) is 22.3 Å². The predicted octanol–water partition coefficient (Wildman–Crippen LogP) is 2.77. The third kappa shape index (κ3) is 2.91. The van der Waals surface area contributed by atoms with Crippen molar-refractivity contribution in [1.82, 2.24) is 5.43 Å². The number of rotatable bonds is 3. The van der Waals surface area contributed by atoms with Gasteiger partial charge in [-0.25, -0.2) is 5.43 Å². The Labute approximate surface area is 92.2 Å². The van der Waals surface area contributed by atoms with E-state index >= 15 is 0 Å². The molecule has 0 bridgehead atoms. The second kappa shape index (κ2) is 5.10. The summed E-state index contributed by atoms with van der Waals surface area (Å²) in [6.07, 6.45) is 2.15. The Morgan fingerprint density at radius 2 is 1.80 bits per heavy atom. The first-order valence-electron chi connectivity index (χ1n) is 5.23. The number of nitrogens with two attached hydrogens (primary N) is 1. The van der Waals surface area contributed by atoms with Gasteiger partial charge in [0.1, 0.15) is 0 Å². The van der Waals surface area contributed by atoms with Crippen LogP contribution in [0, 0.1) is 13.8 Å². The Kier molecular flexibility index (Phi) is 4.06. The van der Waals surface area contributed by atoms with Gasteiger partial charge in [0.15, 0.2) is 0 Å². The van der Waals surface area contributed by atoms with Gasteiger partial charge in [0.25, 0.3) is 0 Å². The Morgan fingerprint density at radius 1 is 1.27 bits per heavy atom. The Morgan fingerprint density at radius 3 is 2.20 bits per heavy atom. The van der Waals surface area contributed by atoms with Crippen LogP contribution in [0.5, 0.6) is 0 Å². The maximum absolute atomic E-state index is 5.60. The van der Waals surface area contributed by atoms with E-state index in [9.17, 15) is 0 Å². The average Bonchev–Trinajstić information content (AvgIpc) is 2.15. The van der Waals surface area contributed by atoms with Crippen LogP contribution in [0.1, 0.15) is 36.6 Å². The highest BCUT2D eigenvalue weighted by atomic mass is 15.2. The van der Waals surface area contributed by atoms with Crippen LogP contribution in [0.4, 0.5) is 0 Å². The molecule has 1 atom stereocenters. The van der Waals surface area contributed by atoms with Gasteiger partial charge in [-0.2, -0.15) is 0 Å². The van der Waals surface area contributed by atoms with Crippen LogP contribution in [0.3, 0.4) is 0 Å². The number of allylic oxidation sites excluding steroid dienone is 1. The van der Waals surface area contributed by atoms with Crippen LogP contribution in [0.15, 0.2) is 29.8 Å². The molecule has 0 aromatic heterocycles. The van der Waals surface area contributed by atoms with Crippen molar-refractivity contribution in [2.45, 2.75) is 33.7 Å². The van der Waals surface area contributed by atoms with Crippen molar-refractivity contribution in [3.8, 4) is 0 Å². The highest BCUT2D eigenvalue weighted by Crippen LogP contribution is 2.23. The number of hydrogen-bond donors (Lipinski definition) is 2. The number of aryl methyl sites for hydroxylation is 2. The lowest BCUT2D eigenvalue weighted by Crippen LogP contribution is -2.28. The Balaban J connectivity index is 3.17. The molecule has 0 aliphatic carbocycles. The molecule has 1 aromatic carbocycles. The summed E-state index contributed by atoms with van der Waals surface area (Å²) >= 11 is 0. The smallest absolute Gasteiger partial charge is 0.0648 e. The summed E-state index contributed by atoms with van der Waals surface area (Å²) in [5.41, 5.74) is 7.95. The molecule has 0 amide bonds. The zero-order chi connectivity index (χ0) is 11.4. The van der Waals surface area contributed by atoms with E-state index in [1.54, 1.807) is 0 Å². The SMILES string of the molecule is CC(C)=CC(NN)c1c(C)cccc1C. The van der Waals surface area contributed by atoms with Gasteiger partial charge in [0.05, 0.1) is 6.04 Å². The van der Waals surface area contributed by atoms with Crippen LogP contribution in [-0.2, 0) is 0 Å². The Hall–Kier alpha value is -1.12. The van der Waals surface area contributed by atoms with Crippen molar-refractivity contribution in [2.24, 2.45) is 5.84 Å². The number of hydrogen-bond acceptors (Lipinski definition) is 2. The molecule has 2 nitrogen and oxygen atoms in total. The third-order valence-electron chi connectivity index (χ3n) is 2.53. The molecule has 1 unspecified atom stereocenters. The van der Waals surface area contributed by atoms with Gasteiger partial charge in [0.2, 0.25) is 0 Å². The topological polar surface area (TPSA) is 38.0 Å². The van der Waals surface area contributed by atoms with E-state index in [1.807, 2.05) is 0 Å². The third-order valence-corrected chi connectivity index (χ3v) is 2.53. The van der Waals surface area contributed by atoms with Gasteiger partial charge >= 0.3 is 0 Å². The lowest BCUT2D eigenvalue weighted by atomic mass is 9.95. The molecule has 1 aromatic rings. The molecule has 0 heterocycles. The minimum Gasteiger partial charge on any atom is -0.271 e. The van der Waals surface area contributed by atoms with E-state index in [4.69, 9.17) is 5.84 Å². The molecule has 3 N–H and O–H groups in total. The first kappa shape index (κ1) is 12.0. The van der Waals surface area contributed by atoms with Crippen LogP contribution in [-0.4, -0.2) is 0 Å². The average molecular weight is 204 g/mol. The minimum atomic E-state index is 0.108. The van der Waals surface area contributed by atoms with Crippen molar-refractivity contribution in [3.05, 3.63) is 46.5 Å². The molecule has 2 heteroatoms. The van der Waals surface area contributed by atoms with E-state index in [0.29, 0.717) is 0 Å². The predicted molar refractivity (Wildman–Crippen MR) is 65.4 cm³/mol. The molecule has 0 aliphatic heterocycles. The molecule has 1 rings (SSSR count). The second-order valence-electron chi connectivity index (χ2n) is 4.19. The lowest BCUT2D eigenvalue weighted by molar-refractivity contribution is 0.645. The molecular formula is C13H20N2. The summed E-state index contributed by atoms with van der Waals surface area (Å²) in [7, 11) is 0. The maximum Gasteiger partial charge on any atom is 0.0648 e. The quantitative estimate of drug-likeness (QED) is 0.451. The van der Waals surface area contributed by atoms with Crippen molar-refractivity contribution < 1.29 is 0 Å².